The number of carbonyl (C=O) groups excluding carboxylic acids is 1. The standard InChI is InChI=1S/C12H13Br2NO2/c1-6-3-9(12(14)7(2)11(6)13)15-5-8(16)4-10(15)17/h3,8,16H,4-5H2,1-2H3. The van der Waals surface area contributed by atoms with Crippen molar-refractivity contribution in [1.82, 2.24) is 0 Å². The minimum atomic E-state index is -0.557. The highest BCUT2D eigenvalue weighted by Gasteiger charge is 2.31. The number of aryl methyl sites for hydroxylation is 1. The molecule has 17 heavy (non-hydrogen) atoms. The Morgan fingerprint density at radius 2 is 2.00 bits per heavy atom. The molecule has 1 atom stereocenters. The highest BCUT2D eigenvalue weighted by Crippen LogP contribution is 2.37. The van der Waals surface area contributed by atoms with E-state index in [1.54, 1.807) is 4.90 Å². The van der Waals surface area contributed by atoms with Crippen molar-refractivity contribution in [2.45, 2.75) is 26.4 Å². The third-order valence-corrected chi connectivity index (χ3v) is 5.20. The second-order valence-electron chi connectivity index (χ2n) is 4.33. The zero-order valence-corrected chi connectivity index (χ0v) is 12.8. The molecule has 1 aliphatic heterocycles. The fourth-order valence-electron chi connectivity index (χ4n) is 2.03. The van der Waals surface area contributed by atoms with Gasteiger partial charge in [-0.25, -0.2) is 0 Å². The molecule has 1 unspecified atom stereocenters. The smallest absolute Gasteiger partial charge is 0.229 e. The first-order chi connectivity index (χ1) is 7.91. The Hall–Kier alpha value is -0.390. The summed E-state index contributed by atoms with van der Waals surface area (Å²) in [5, 5.41) is 9.53. The Labute approximate surface area is 117 Å². The van der Waals surface area contributed by atoms with Crippen molar-refractivity contribution in [2.75, 3.05) is 11.4 Å². The summed E-state index contributed by atoms with van der Waals surface area (Å²) in [7, 11) is 0. The number of amides is 1. The van der Waals surface area contributed by atoms with Crippen LogP contribution in [0.25, 0.3) is 0 Å². The van der Waals surface area contributed by atoms with Gasteiger partial charge in [0.05, 0.1) is 24.8 Å². The van der Waals surface area contributed by atoms with E-state index in [0.29, 0.717) is 6.54 Å². The lowest BCUT2D eigenvalue weighted by atomic mass is 10.1. The minimum absolute atomic E-state index is 0.0284. The van der Waals surface area contributed by atoms with E-state index >= 15 is 0 Å². The molecule has 0 radical (unpaired) electrons. The summed E-state index contributed by atoms with van der Waals surface area (Å²) >= 11 is 7.03. The molecular weight excluding hydrogens is 350 g/mol. The van der Waals surface area contributed by atoms with Gasteiger partial charge in [-0.15, -0.1) is 0 Å². The molecule has 1 aromatic carbocycles. The molecule has 0 aromatic heterocycles. The molecule has 1 N–H and O–H groups in total. The average molecular weight is 363 g/mol. The largest absolute Gasteiger partial charge is 0.391 e. The number of carbonyl (C=O) groups is 1. The van der Waals surface area contributed by atoms with Crippen molar-refractivity contribution in [3.8, 4) is 0 Å². The number of rotatable bonds is 1. The van der Waals surface area contributed by atoms with Gasteiger partial charge in [0.2, 0.25) is 5.91 Å². The van der Waals surface area contributed by atoms with Crippen molar-refractivity contribution in [2.24, 2.45) is 0 Å². The third kappa shape index (κ3) is 2.28. The summed E-state index contributed by atoms with van der Waals surface area (Å²) in [5.41, 5.74) is 2.98. The van der Waals surface area contributed by atoms with Gasteiger partial charge in [-0.1, -0.05) is 15.9 Å². The summed E-state index contributed by atoms with van der Waals surface area (Å²) in [6.07, 6.45) is -0.348. The van der Waals surface area contributed by atoms with Crippen molar-refractivity contribution < 1.29 is 9.90 Å². The fraction of sp³-hybridized carbons (Fsp3) is 0.417. The van der Waals surface area contributed by atoms with Gasteiger partial charge >= 0.3 is 0 Å². The van der Waals surface area contributed by atoms with E-state index in [1.165, 1.54) is 0 Å². The molecule has 1 amide bonds. The van der Waals surface area contributed by atoms with Crippen LogP contribution in [0.3, 0.4) is 0 Å². The summed E-state index contributed by atoms with van der Waals surface area (Å²) < 4.78 is 1.94. The van der Waals surface area contributed by atoms with Gasteiger partial charge in [-0.05, 0) is 47.0 Å². The lowest BCUT2D eigenvalue weighted by molar-refractivity contribution is -0.117. The van der Waals surface area contributed by atoms with E-state index in [1.807, 2.05) is 19.9 Å². The highest BCUT2D eigenvalue weighted by atomic mass is 79.9. The van der Waals surface area contributed by atoms with Gasteiger partial charge < -0.3 is 10.0 Å². The minimum Gasteiger partial charge on any atom is -0.391 e. The van der Waals surface area contributed by atoms with Crippen molar-refractivity contribution in [1.29, 1.82) is 0 Å². The van der Waals surface area contributed by atoms with E-state index < -0.39 is 6.10 Å². The number of hydrogen-bond acceptors (Lipinski definition) is 2. The van der Waals surface area contributed by atoms with Crippen LogP contribution in [-0.2, 0) is 4.79 Å². The molecule has 1 aromatic rings. The molecule has 0 saturated carbocycles. The number of aliphatic hydroxyl groups is 1. The Morgan fingerprint density at radius 1 is 1.35 bits per heavy atom. The predicted octanol–water partition coefficient (Wildman–Crippen LogP) is 2.93. The molecule has 1 saturated heterocycles. The molecule has 1 fully saturated rings. The van der Waals surface area contributed by atoms with Gasteiger partial charge in [0.15, 0.2) is 0 Å². The van der Waals surface area contributed by atoms with Crippen LogP contribution in [0, 0.1) is 13.8 Å². The number of hydrogen-bond donors (Lipinski definition) is 1. The molecule has 1 heterocycles. The summed E-state index contributed by atoms with van der Waals surface area (Å²) in [6, 6.07) is 1.96. The van der Waals surface area contributed by atoms with Gasteiger partial charge in [0, 0.05) is 8.95 Å². The maximum absolute atomic E-state index is 11.8. The highest BCUT2D eigenvalue weighted by molar-refractivity contribution is 9.11. The van der Waals surface area contributed by atoms with Crippen LogP contribution < -0.4 is 4.90 Å². The van der Waals surface area contributed by atoms with Gasteiger partial charge in [-0.3, -0.25) is 4.79 Å². The van der Waals surface area contributed by atoms with Crippen LogP contribution in [-0.4, -0.2) is 23.7 Å². The summed E-state index contributed by atoms with van der Waals surface area (Å²) in [5.74, 6) is -0.0284. The number of nitrogens with zero attached hydrogens (tertiary/aromatic N) is 1. The second-order valence-corrected chi connectivity index (χ2v) is 5.91. The molecular formula is C12H13Br2NO2. The van der Waals surface area contributed by atoms with Crippen molar-refractivity contribution >= 4 is 43.5 Å². The Kier molecular flexibility index (Phi) is 3.61. The van der Waals surface area contributed by atoms with Crippen LogP contribution in [0.4, 0.5) is 5.69 Å². The lowest BCUT2D eigenvalue weighted by Gasteiger charge is -2.20. The third-order valence-electron chi connectivity index (χ3n) is 2.98. The van der Waals surface area contributed by atoms with E-state index in [-0.39, 0.29) is 12.3 Å². The molecule has 0 aliphatic carbocycles. The molecule has 2 rings (SSSR count). The van der Waals surface area contributed by atoms with Gasteiger partial charge in [-0.2, -0.15) is 0 Å². The fourth-order valence-corrected chi connectivity index (χ4v) is 3.14. The van der Waals surface area contributed by atoms with Crippen LogP contribution in [0.5, 0.6) is 0 Å². The van der Waals surface area contributed by atoms with E-state index in [4.69, 9.17) is 0 Å². The van der Waals surface area contributed by atoms with Crippen LogP contribution >= 0.6 is 31.9 Å². The normalized spacial score (nSPS) is 20.2. The molecule has 1 aliphatic rings. The van der Waals surface area contributed by atoms with Gasteiger partial charge in [0.1, 0.15) is 0 Å². The quantitative estimate of drug-likeness (QED) is 0.834. The van der Waals surface area contributed by atoms with Crippen molar-refractivity contribution in [3.63, 3.8) is 0 Å². The van der Waals surface area contributed by atoms with E-state index in [9.17, 15) is 9.90 Å². The van der Waals surface area contributed by atoms with E-state index in [2.05, 4.69) is 31.9 Å². The maximum atomic E-state index is 11.8. The first kappa shape index (κ1) is 13.1. The molecule has 0 spiro atoms. The van der Waals surface area contributed by atoms with E-state index in [0.717, 1.165) is 25.8 Å². The number of β-amino-alcohol motifs (C(OH)–C–C–N with tert-alkyl or cyclic N) is 1. The van der Waals surface area contributed by atoms with Crippen LogP contribution in [0.15, 0.2) is 15.0 Å². The second kappa shape index (κ2) is 4.71. The van der Waals surface area contributed by atoms with Crippen LogP contribution in [0.1, 0.15) is 17.5 Å². The Morgan fingerprint density at radius 3 is 2.53 bits per heavy atom. The molecule has 3 nitrogen and oxygen atoms in total. The summed E-state index contributed by atoms with van der Waals surface area (Å²) in [6.45, 7) is 4.35. The SMILES string of the molecule is Cc1cc(N2CC(O)CC2=O)c(Br)c(C)c1Br. The Balaban J connectivity index is 2.50. The molecule has 0 bridgehead atoms. The number of halogens is 2. The zero-order chi connectivity index (χ0) is 12.7. The topological polar surface area (TPSA) is 40.5 Å². The lowest BCUT2D eigenvalue weighted by Crippen LogP contribution is -2.26. The molecule has 5 heteroatoms. The average Bonchev–Trinajstić information content (AvgIpc) is 2.60. The number of anilines is 1. The molecule has 92 valence electrons. The summed E-state index contributed by atoms with van der Waals surface area (Å²) in [4.78, 5) is 13.4. The number of aliphatic hydroxyl groups excluding tert-OH is 1. The van der Waals surface area contributed by atoms with Gasteiger partial charge in [0.25, 0.3) is 0 Å². The monoisotopic (exact) mass is 361 g/mol. The Bertz CT molecular complexity index is 488. The predicted molar refractivity (Wildman–Crippen MR) is 74.3 cm³/mol. The maximum Gasteiger partial charge on any atom is 0.229 e. The number of benzene rings is 1. The first-order valence-electron chi connectivity index (χ1n) is 5.35. The zero-order valence-electron chi connectivity index (χ0n) is 9.63. The van der Waals surface area contributed by atoms with Crippen LogP contribution in [0.2, 0.25) is 0 Å². The first-order valence-corrected chi connectivity index (χ1v) is 6.94. The van der Waals surface area contributed by atoms with Crippen molar-refractivity contribution in [3.05, 3.63) is 26.1 Å².